The number of fused-ring (bicyclic) bond motifs is 1. The van der Waals surface area contributed by atoms with Crippen molar-refractivity contribution in [2.24, 2.45) is 0 Å². The Morgan fingerprint density at radius 1 is 1.13 bits per heavy atom. The third kappa shape index (κ3) is 2.95. The predicted octanol–water partition coefficient (Wildman–Crippen LogP) is 1.52. The average Bonchev–Trinajstić information content (AvgIpc) is 3.00. The maximum absolute atomic E-state index is 4.69. The molecule has 0 saturated carbocycles. The van der Waals surface area contributed by atoms with Crippen LogP contribution in [-0.4, -0.2) is 41.3 Å². The van der Waals surface area contributed by atoms with E-state index in [0.29, 0.717) is 5.82 Å². The molecule has 4 heterocycles. The summed E-state index contributed by atoms with van der Waals surface area (Å²) in [6.07, 6.45) is 9.74. The molecule has 0 amide bonds. The van der Waals surface area contributed by atoms with Crippen LogP contribution >= 0.6 is 0 Å². The summed E-state index contributed by atoms with van der Waals surface area (Å²) in [5, 5.41) is 0. The zero-order valence-electron chi connectivity index (χ0n) is 12.9. The monoisotopic (exact) mass is 307 g/mol. The third-order valence-corrected chi connectivity index (χ3v) is 3.98. The van der Waals surface area contributed by atoms with Gasteiger partial charge in [0, 0.05) is 62.1 Å². The van der Waals surface area contributed by atoms with Gasteiger partial charge < -0.3 is 4.98 Å². The number of aryl methyl sites for hydroxylation is 1. The first-order chi connectivity index (χ1) is 11.3. The van der Waals surface area contributed by atoms with Gasteiger partial charge in [-0.05, 0) is 6.92 Å². The minimum atomic E-state index is 0.696. The van der Waals surface area contributed by atoms with Gasteiger partial charge in [-0.2, -0.15) is 0 Å². The lowest BCUT2D eigenvalue weighted by Gasteiger charge is -2.27. The van der Waals surface area contributed by atoms with Crippen LogP contribution in [0.25, 0.3) is 11.4 Å². The van der Waals surface area contributed by atoms with Crippen LogP contribution in [0.5, 0.6) is 0 Å². The molecule has 23 heavy (non-hydrogen) atoms. The molecule has 1 aliphatic heterocycles. The van der Waals surface area contributed by atoms with Crippen molar-refractivity contribution in [3.63, 3.8) is 0 Å². The molecule has 3 aromatic rings. The quantitative estimate of drug-likeness (QED) is 0.790. The van der Waals surface area contributed by atoms with E-state index < -0.39 is 0 Å². The smallest absolute Gasteiger partial charge is 0.162 e. The van der Waals surface area contributed by atoms with Crippen LogP contribution in [-0.2, 0) is 19.5 Å². The predicted molar refractivity (Wildman–Crippen MR) is 84.2 cm³/mol. The first-order valence-corrected chi connectivity index (χ1v) is 7.61. The summed E-state index contributed by atoms with van der Waals surface area (Å²) in [4.78, 5) is 27.1. The molecule has 1 aliphatic rings. The van der Waals surface area contributed by atoms with E-state index in [1.807, 2.05) is 19.3 Å². The van der Waals surface area contributed by atoms with Crippen LogP contribution in [0.15, 0.2) is 31.1 Å². The second-order valence-electron chi connectivity index (χ2n) is 5.75. The van der Waals surface area contributed by atoms with Crippen LogP contribution in [0.4, 0.5) is 0 Å². The Bertz CT molecular complexity index is 812. The van der Waals surface area contributed by atoms with Crippen molar-refractivity contribution in [2.45, 2.75) is 26.4 Å². The fourth-order valence-electron chi connectivity index (χ4n) is 2.86. The van der Waals surface area contributed by atoms with E-state index in [1.54, 1.807) is 12.4 Å². The molecule has 0 spiro atoms. The Morgan fingerprint density at radius 2 is 2.00 bits per heavy atom. The van der Waals surface area contributed by atoms with Gasteiger partial charge in [-0.15, -0.1) is 0 Å². The first-order valence-electron chi connectivity index (χ1n) is 7.61. The van der Waals surface area contributed by atoms with Crippen LogP contribution < -0.4 is 0 Å². The Hall–Kier alpha value is -2.67. The lowest BCUT2D eigenvalue weighted by Crippen LogP contribution is -2.31. The van der Waals surface area contributed by atoms with Gasteiger partial charge in [0.15, 0.2) is 5.82 Å². The lowest BCUT2D eigenvalue weighted by molar-refractivity contribution is 0.240. The number of nitrogens with one attached hydrogen (secondary N) is 1. The summed E-state index contributed by atoms with van der Waals surface area (Å²) in [6.45, 7) is 4.68. The van der Waals surface area contributed by atoms with Gasteiger partial charge in [0.25, 0.3) is 0 Å². The Labute approximate surface area is 133 Å². The molecule has 116 valence electrons. The van der Waals surface area contributed by atoms with Crippen LogP contribution in [0.1, 0.15) is 22.8 Å². The second kappa shape index (κ2) is 5.85. The maximum atomic E-state index is 4.69. The van der Waals surface area contributed by atoms with E-state index >= 15 is 0 Å². The van der Waals surface area contributed by atoms with Gasteiger partial charge >= 0.3 is 0 Å². The van der Waals surface area contributed by atoms with E-state index in [0.717, 1.165) is 48.8 Å². The van der Waals surface area contributed by atoms with Crippen molar-refractivity contribution in [1.29, 1.82) is 0 Å². The van der Waals surface area contributed by atoms with E-state index in [4.69, 9.17) is 4.98 Å². The lowest BCUT2D eigenvalue weighted by atomic mass is 10.1. The van der Waals surface area contributed by atoms with E-state index in [2.05, 4.69) is 29.8 Å². The van der Waals surface area contributed by atoms with Gasteiger partial charge in [-0.25, -0.2) is 24.9 Å². The molecule has 0 fully saturated rings. The van der Waals surface area contributed by atoms with Crippen molar-refractivity contribution in [3.8, 4) is 11.4 Å². The highest BCUT2D eigenvalue weighted by Crippen LogP contribution is 2.21. The molecule has 0 aromatic carbocycles. The van der Waals surface area contributed by atoms with Gasteiger partial charge in [-0.3, -0.25) is 4.90 Å². The summed E-state index contributed by atoms with van der Waals surface area (Å²) < 4.78 is 0. The average molecular weight is 307 g/mol. The van der Waals surface area contributed by atoms with Crippen molar-refractivity contribution >= 4 is 0 Å². The SMILES string of the molecule is Cc1ncc(CN2CCc3nc(-c4cncnc4)ncc3C2)[nH]1. The highest BCUT2D eigenvalue weighted by Gasteiger charge is 2.19. The molecule has 0 bridgehead atoms. The molecule has 7 nitrogen and oxygen atoms in total. The zero-order chi connectivity index (χ0) is 15.6. The standard InChI is InChI=1S/C16H17N7/c1-11-19-7-14(21-11)9-23-3-2-15-13(8-23)6-20-16(22-15)12-4-17-10-18-5-12/h4-7,10H,2-3,8-9H2,1H3,(H,19,21). The van der Waals surface area contributed by atoms with E-state index in [9.17, 15) is 0 Å². The van der Waals surface area contributed by atoms with Crippen molar-refractivity contribution in [2.75, 3.05) is 6.54 Å². The molecule has 0 aliphatic carbocycles. The molecular formula is C16H17N7. The Kier molecular flexibility index (Phi) is 3.55. The highest BCUT2D eigenvalue weighted by molar-refractivity contribution is 5.52. The molecule has 0 saturated heterocycles. The molecule has 0 radical (unpaired) electrons. The molecule has 1 N–H and O–H groups in total. The Morgan fingerprint density at radius 3 is 2.78 bits per heavy atom. The second-order valence-corrected chi connectivity index (χ2v) is 5.75. The number of nitrogens with zero attached hydrogens (tertiary/aromatic N) is 6. The maximum Gasteiger partial charge on any atom is 0.162 e. The molecule has 4 rings (SSSR count). The topological polar surface area (TPSA) is 83.5 Å². The van der Waals surface area contributed by atoms with E-state index in [1.165, 1.54) is 11.9 Å². The molecule has 7 heteroatoms. The summed E-state index contributed by atoms with van der Waals surface area (Å²) in [5.74, 6) is 1.65. The van der Waals surface area contributed by atoms with Crippen molar-refractivity contribution < 1.29 is 0 Å². The van der Waals surface area contributed by atoms with Crippen LogP contribution in [0.2, 0.25) is 0 Å². The molecule has 0 unspecified atom stereocenters. The third-order valence-electron chi connectivity index (χ3n) is 3.98. The summed E-state index contributed by atoms with van der Waals surface area (Å²) >= 11 is 0. The highest BCUT2D eigenvalue weighted by atomic mass is 15.1. The number of hydrogen-bond donors (Lipinski definition) is 1. The van der Waals surface area contributed by atoms with Gasteiger partial charge in [0.2, 0.25) is 0 Å². The Balaban J connectivity index is 1.52. The molecule has 0 atom stereocenters. The molecule has 3 aromatic heterocycles. The number of hydrogen-bond acceptors (Lipinski definition) is 6. The first kappa shape index (κ1) is 14.0. The number of rotatable bonds is 3. The van der Waals surface area contributed by atoms with Gasteiger partial charge in [-0.1, -0.05) is 0 Å². The normalized spacial score (nSPS) is 14.7. The van der Waals surface area contributed by atoms with Gasteiger partial charge in [0.1, 0.15) is 12.2 Å². The van der Waals surface area contributed by atoms with E-state index in [-0.39, 0.29) is 0 Å². The van der Waals surface area contributed by atoms with Crippen molar-refractivity contribution in [1.82, 2.24) is 34.8 Å². The summed E-state index contributed by atoms with van der Waals surface area (Å²) in [5.41, 5.74) is 4.31. The number of H-pyrrole nitrogens is 1. The number of aromatic amines is 1. The largest absolute Gasteiger partial charge is 0.345 e. The van der Waals surface area contributed by atoms with Gasteiger partial charge in [0.05, 0.1) is 11.3 Å². The van der Waals surface area contributed by atoms with Crippen LogP contribution in [0.3, 0.4) is 0 Å². The fraction of sp³-hybridized carbons (Fsp3) is 0.312. The van der Waals surface area contributed by atoms with Crippen LogP contribution in [0, 0.1) is 6.92 Å². The zero-order valence-corrected chi connectivity index (χ0v) is 12.9. The van der Waals surface area contributed by atoms with Crippen molar-refractivity contribution in [3.05, 3.63) is 53.9 Å². The number of aromatic nitrogens is 6. The minimum absolute atomic E-state index is 0.696. The number of imidazole rings is 1. The fourth-order valence-corrected chi connectivity index (χ4v) is 2.86. The minimum Gasteiger partial charge on any atom is -0.345 e. The summed E-state index contributed by atoms with van der Waals surface area (Å²) in [6, 6.07) is 0. The summed E-state index contributed by atoms with van der Waals surface area (Å²) in [7, 11) is 0. The molecular weight excluding hydrogens is 290 g/mol.